The lowest BCUT2D eigenvalue weighted by Crippen LogP contribution is -2.43. The van der Waals surface area contributed by atoms with Crippen molar-refractivity contribution in [3.63, 3.8) is 0 Å². The molecule has 0 amide bonds. The van der Waals surface area contributed by atoms with E-state index in [1.807, 2.05) is 0 Å². The highest BCUT2D eigenvalue weighted by Crippen LogP contribution is 2.33. The van der Waals surface area contributed by atoms with Gasteiger partial charge in [0.05, 0.1) is 17.6 Å². The van der Waals surface area contributed by atoms with Crippen molar-refractivity contribution in [1.29, 1.82) is 0 Å². The standard InChI is InChI=1S/C29H31N3O8/c1-2-3-4-5-8-15-39-19-11-12-20-22(18-40-25(20)16-19)24(33)17-29(27(35)36,28(37)38)13-14-32-26(34)21-9-6-7-10-23(21)30-31-32/h6-7,9-12,16,18H,2-5,8,13-15,17H2,1H3,(H,35,36)(H,37,38). The Morgan fingerprint density at radius 1 is 1.00 bits per heavy atom. The third kappa shape index (κ3) is 6.03. The van der Waals surface area contributed by atoms with Gasteiger partial charge in [0, 0.05) is 24.4 Å². The monoisotopic (exact) mass is 549 g/mol. The number of rotatable bonds is 15. The van der Waals surface area contributed by atoms with Gasteiger partial charge in [-0.15, -0.1) is 5.10 Å². The Morgan fingerprint density at radius 2 is 1.75 bits per heavy atom. The number of aromatic nitrogens is 3. The second kappa shape index (κ2) is 12.5. The zero-order valence-corrected chi connectivity index (χ0v) is 22.2. The molecular weight excluding hydrogens is 518 g/mol. The van der Waals surface area contributed by atoms with E-state index < -0.39 is 41.5 Å². The Labute approximate surface area is 229 Å². The van der Waals surface area contributed by atoms with Gasteiger partial charge in [0.1, 0.15) is 23.1 Å². The van der Waals surface area contributed by atoms with Crippen LogP contribution in [0.25, 0.3) is 21.9 Å². The summed E-state index contributed by atoms with van der Waals surface area (Å²) in [5, 5.41) is 28.3. The number of nitrogens with zero attached hydrogens (tertiary/aromatic N) is 3. The van der Waals surface area contributed by atoms with Gasteiger partial charge in [0.2, 0.25) is 0 Å². The van der Waals surface area contributed by atoms with Crippen molar-refractivity contribution >= 4 is 39.6 Å². The van der Waals surface area contributed by atoms with Crippen LogP contribution in [0, 0.1) is 5.41 Å². The number of carboxylic acid groups (broad SMARTS) is 2. The number of fused-ring (bicyclic) bond motifs is 2. The summed E-state index contributed by atoms with van der Waals surface area (Å²) in [6, 6.07) is 11.4. The molecule has 2 N–H and O–H groups in total. The smallest absolute Gasteiger partial charge is 0.321 e. The van der Waals surface area contributed by atoms with Crippen LogP contribution in [0.3, 0.4) is 0 Å². The van der Waals surface area contributed by atoms with Crippen LogP contribution in [0.4, 0.5) is 0 Å². The highest BCUT2D eigenvalue weighted by Gasteiger charge is 2.48. The van der Waals surface area contributed by atoms with Crippen molar-refractivity contribution < 1.29 is 33.8 Å². The number of aryl methyl sites for hydroxylation is 1. The first-order chi connectivity index (χ1) is 19.3. The van der Waals surface area contributed by atoms with Crippen LogP contribution in [0.2, 0.25) is 0 Å². The quantitative estimate of drug-likeness (QED) is 0.121. The molecule has 2 aromatic heterocycles. The Balaban J connectivity index is 1.50. The average molecular weight is 550 g/mol. The number of hydrogen-bond donors (Lipinski definition) is 2. The molecule has 11 nitrogen and oxygen atoms in total. The molecule has 4 rings (SSSR count). The van der Waals surface area contributed by atoms with Crippen molar-refractivity contribution in [1.82, 2.24) is 15.0 Å². The summed E-state index contributed by atoms with van der Waals surface area (Å²) < 4.78 is 12.2. The van der Waals surface area contributed by atoms with E-state index in [1.165, 1.54) is 12.7 Å². The normalized spacial score (nSPS) is 11.6. The van der Waals surface area contributed by atoms with Crippen molar-refractivity contribution in [3.8, 4) is 5.75 Å². The van der Waals surface area contributed by atoms with E-state index in [2.05, 4.69) is 17.2 Å². The number of carboxylic acids is 2. The minimum Gasteiger partial charge on any atom is -0.493 e. The van der Waals surface area contributed by atoms with Gasteiger partial charge in [-0.1, -0.05) is 50.0 Å². The number of ether oxygens (including phenoxy) is 1. The molecule has 0 spiro atoms. The zero-order chi connectivity index (χ0) is 28.7. The molecule has 0 fully saturated rings. The summed E-state index contributed by atoms with van der Waals surface area (Å²) in [7, 11) is 0. The minimum absolute atomic E-state index is 0.0654. The van der Waals surface area contributed by atoms with Gasteiger partial charge in [-0.05, 0) is 37.1 Å². The van der Waals surface area contributed by atoms with Crippen LogP contribution in [-0.4, -0.2) is 49.5 Å². The molecule has 0 aliphatic carbocycles. The van der Waals surface area contributed by atoms with Gasteiger partial charge in [0.25, 0.3) is 5.56 Å². The topological polar surface area (TPSA) is 162 Å². The third-order valence-electron chi connectivity index (χ3n) is 7.02. The highest BCUT2D eigenvalue weighted by atomic mass is 16.5. The zero-order valence-electron chi connectivity index (χ0n) is 22.2. The molecule has 0 saturated carbocycles. The molecule has 0 bridgehead atoms. The number of benzene rings is 2. The fourth-order valence-electron chi connectivity index (χ4n) is 4.59. The van der Waals surface area contributed by atoms with Gasteiger partial charge in [-0.3, -0.25) is 19.2 Å². The largest absolute Gasteiger partial charge is 0.493 e. The number of unbranched alkanes of at least 4 members (excludes halogenated alkanes) is 4. The lowest BCUT2D eigenvalue weighted by molar-refractivity contribution is -0.165. The molecule has 11 heteroatoms. The summed E-state index contributed by atoms with van der Waals surface area (Å²) in [5.74, 6) is -3.54. The first-order valence-electron chi connectivity index (χ1n) is 13.2. The van der Waals surface area contributed by atoms with E-state index in [4.69, 9.17) is 9.15 Å². The van der Waals surface area contributed by atoms with E-state index in [0.29, 0.717) is 28.8 Å². The maximum atomic E-state index is 13.3. The number of aliphatic carboxylic acids is 2. The highest BCUT2D eigenvalue weighted by molar-refractivity contribution is 6.11. The van der Waals surface area contributed by atoms with Crippen LogP contribution >= 0.6 is 0 Å². The van der Waals surface area contributed by atoms with Gasteiger partial charge < -0.3 is 19.4 Å². The number of ketones is 1. The predicted molar refractivity (Wildman–Crippen MR) is 146 cm³/mol. The van der Waals surface area contributed by atoms with E-state index >= 15 is 0 Å². The van der Waals surface area contributed by atoms with Gasteiger partial charge in [0.15, 0.2) is 11.2 Å². The molecule has 2 aromatic carbocycles. The summed E-state index contributed by atoms with van der Waals surface area (Å²) in [4.78, 5) is 50.6. The summed E-state index contributed by atoms with van der Waals surface area (Å²) in [5.41, 5.74) is -2.26. The molecule has 0 unspecified atom stereocenters. The first-order valence-corrected chi connectivity index (χ1v) is 13.2. The van der Waals surface area contributed by atoms with Crippen LogP contribution in [0.15, 0.2) is 57.9 Å². The second-order valence-corrected chi connectivity index (χ2v) is 9.75. The molecule has 0 radical (unpaired) electrons. The Kier molecular flexibility index (Phi) is 8.93. The molecule has 4 aromatic rings. The molecule has 0 aliphatic rings. The molecule has 0 saturated heterocycles. The second-order valence-electron chi connectivity index (χ2n) is 9.75. The fourth-order valence-corrected chi connectivity index (χ4v) is 4.59. The number of hydrogen-bond acceptors (Lipinski definition) is 8. The molecular formula is C29H31N3O8. The summed E-state index contributed by atoms with van der Waals surface area (Å²) >= 11 is 0. The first kappa shape index (κ1) is 28.5. The summed E-state index contributed by atoms with van der Waals surface area (Å²) in [6.07, 6.45) is 5.28. The minimum atomic E-state index is -2.51. The van der Waals surface area contributed by atoms with Crippen molar-refractivity contribution in [2.75, 3.05) is 6.61 Å². The van der Waals surface area contributed by atoms with Gasteiger partial charge in [-0.25, -0.2) is 4.68 Å². The number of carbonyl (C=O) groups is 3. The van der Waals surface area contributed by atoms with Crippen LogP contribution in [-0.2, 0) is 16.1 Å². The molecule has 0 aliphatic heterocycles. The lowest BCUT2D eigenvalue weighted by Gasteiger charge is -2.24. The van der Waals surface area contributed by atoms with E-state index in [-0.39, 0.29) is 17.5 Å². The van der Waals surface area contributed by atoms with E-state index in [1.54, 1.807) is 42.5 Å². The Hall–Kier alpha value is -4.54. The van der Waals surface area contributed by atoms with Crippen LogP contribution in [0.1, 0.15) is 62.2 Å². The SMILES string of the molecule is CCCCCCCOc1ccc2c(C(=O)CC(CCn3nnc4ccccc4c3=O)(C(=O)O)C(=O)O)coc2c1. The number of carbonyl (C=O) groups excluding carboxylic acids is 1. The number of Topliss-reactive ketones (excluding diaryl/α,β-unsaturated/α-hetero) is 1. The maximum absolute atomic E-state index is 13.3. The maximum Gasteiger partial charge on any atom is 0.321 e. The Bertz CT molecular complexity index is 1580. The molecule has 40 heavy (non-hydrogen) atoms. The van der Waals surface area contributed by atoms with Crippen molar-refractivity contribution in [3.05, 3.63) is 64.6 Å². The third-order valence-corrected chi connectivity index (χ3v) is 7.02. The number of furan rings is 1. The van der Waals surface area contributed by atoms with Gasteiger partial charge in [-0.2, -0.15) is 0 Å². The fraction of sp³-hybridized carbons (Fsp3) is 0.379. The van der Waals surface area contributed by atoms with Crippen LogP contribution < -0.4 is 10.3 Å². The van der Waals surface area contributed by atoms with Crippen molar-refractivity contribution in [2.45, 2.75) is 58.4 Å². The van der Waals surface area contributed by atoms with Crippen LogP contribution in [0.5, 0.6) is 5.75 Å². The summed E-state index contributed by atoms with van der Waals surface area (Å²) in [6.45, 7) is 2.33. The van der Waals surface area contributed by atoms with E-state index in [9.17, 15) is 29.4 Å². The van der Waals surface area contributed by atoms with Crippen molar-refractivity contribution in [2.24, 2.45) is 5.41 Å². The molecule has 2 heterocycles. The van der Waals surface area contributed by atoms with Gasteiger partial charge >= 0.3 is 11.9 Å². The Morgan fingerprint density at radius 3 is 2.50 bits per heavy atom. The van der Waals surface area contributed by atoms with E-state index in [0.717, 1.165) is 30.4 Å². The molecule has 210 valence electrons. The predicted octanol–water partition coefficient (Wildman–Crippen LogP) is 4.71. The average Bonchev–Trinajstić information content (AvgIpc) is 3.37. The molecule has 0 atom stereocenters. The lowest BCUT2D eigenvalue weighted by atomic mass is 9.78.